The van der Waals surface area contributed by atoms with Crippen molar-refractivity contribution in [3.63, 3.8) is 0 Å². The smallest absolute Gasteiger partial charge is 0.0853 e. The Balaban J connectivity index is 1.82. The van der Waals surface area contributed by atoms with E-state index in [1.807, 2.05) is 6.08 Å². The maximum atomic E-state index is 4.88. The van der Waals surface area contributed by atoms with Crippen LogP contribution < -0.4 is 10.6 Å². The molecule has 1 heterocycles. The van der Waals surface area contributed by atoms with Crippen molar-refractivity contribution >= 4 is 24.9 Å². The normalized spacial score (nSPS) is 16.5. The van der Waals surface area contributed by atoms with Crippen molar-refractivity contribution < 1.29 is 0 Å². The number of benzene rings is 2. The molecule has 0 aliphatic carbocycles. The third-order valence-corrected chi connectivity index (χ3v) is 7.54. The zero-order valence-electron chi connectivity index (χ0n) is 16.9. The van der Waals surface area contributed by atoms with Gasteiger partial charge in [0.2, 0.25) is 0 Å². The molecule has 2 aromatic carbocycles. The van der Waals surface area contributed by atoms with Gasteiger partial charge < -0.3 is 4.90 Å². The lowest BCUT2D eigenvalue weighted by Crippen LogP contribution is -2.28. The SMILES string of the molecule is C=C/C=C(\C[C@@H](C)N=CN1CCCCC1)P(c1ccccc1)c1ccccc1. The summed E-state index contributed by atoms with van der Waals surface area (Å²) < 4.78 is 0. The lowest BCUT2D eigenvalue weighted by Gasteiger charge is -2.25. The highest BCUT2D eigenvalue weighted by Gasteiger charge is 2.20. The molecule has 0 unspecified atom stereocenters. The van der Waals surface area contributed by atoms with Gasteiger partial charge in [0.15, 0.2) is 0 Å². The predicted octanol–water partition coefficient (Wildman–Crippen LogP) is 5.48. The van der Waals surface area contributed by atoms with E-state index >= 15 is 0 Å². The van der Waals surface area contributed by atoms with Crippen LogP contribution in [0.5, 0.6) is 0 Å². The Kier molecular flexibility index (Phi) is 8.06. The summed E-state index contributed by atoms with van der Waals surface area (Å²) in [7, 11) is -0.576. The minimum Gasteiger partial charge on any atom is -0.363 e. The first kappa shape index (κ1) is 20.6. The summed E-state index contributed by atoms with van der Waals surface area (Å²) in [6.07, 6.45) is 11.1. The Bertz CT molecular complexity index is 737. The second-order valence-electron chi connectivity index (χ2n) is 7.31. The summed E-state index contributed by atoms with van der Waals surface area (Å²) in [6, 6.07) is 22.0. The molecule has 1 aliphatic heterocycles. The number of nitrogens with zero attached hydrogens (tertiary/aromatic N) is 2. The molecule has 2 aromatic rings. The van der Waals surface area contributed by atoms with Crippen molar-refractivity contribution in [3.05, 3.63) is 84.7 Å². The van der Waals surface area contributed by atoms with Crippen molar-refractivity contribution in [1.29, 1.82) is 0 Å². The number of piperidine rings is 1. The van der Waals surface area contributed by atoms with Crippen LogP contribution in [0, 0.1) is 0 Å². The Morgan fingerprint density at radius 1 is 1.00 bits per heavy atom. The van der Waals surface area contributed by atoms with Gasteiger partial charge in [-0.05, 0) is 56.5 Å². The van der Waals surface area contributed by atoms with Crippen molar-refractivity contribution in [2.75, 3.05) is 13.1 Å². The zero-order valence-corrected chi connectivity index (χ0v) is 17.8. The van der Waals surface area contributed by atoms with Crippen LogP contribution in [0.25, 0.3) is 0 Å². The average molecular weight is 391 g/mol. The first-order valence-electron chi connectivity index (χ1n) is 10.3. The van der Waals surface area contributed by atoms with Gasteiger partial charge in [-0.15, -0.1) is 0 Å². The molecule has 0 radical (unpaired) electrons. The van der Waals surface area contributed by atoms with E-state index in [0.717, 1.165) is 19.5 Å². The van der Waals surface area contributed by atoms with Crippen molar-refractivity contribution in [2.24, 2.45) is 4.99 Å². The fourth-order valence-electron chi connectivity index (χ4n) is 3.60. The molecule has 3 rings (SSSR count). The number of likely N-dealkylation sites (tertiary alicyclic amines) is 1. The third-order valence-electron chi connectivity index (χ3n) is 5.01. The van der Waals surface area contributed by atoms with Crippen LogP contribution >= 0.6 is 7.92 Å². The van der Waals surface area contributed by atoms with Crippen molar-refractivity contribution in [1.82, 2.24) is 4.90 Å². The van der Waals surface area contributed by atoms with E-state index in [1.54, 1.807) is 0 Å². The Morgan fingerprint density at radius 2 is 1.57 bits per heavy atom. The Morgan fingerprint density at radius 3 is 2.11 bits per heavy atom. The van der Waals surface area contributed by atoms with E-state index in [0.29, 0.717) is 0 Å². The van der Waals surface area contributed by atoms with Crippen LogP contribution in [-0.2, 0) is 0 Å². The molecular weight excluding hydrogens is 359 g/mol. The standard InChI is InChI=1S/C25H31N2P/c1-3-13-25(20-22(2)26-21-27-18-11-6-12-19-27)28(23-14-7-4-8-15-23)24-16-9-5-10-17-24/h3-5,7-10,13-17,21-22H,1,6,11-12,18-20H2,2H3/b25-13+,26-21?/t22-/m1/s1. The van der Waals surface area contributed by atoms with Crippen LogP contribution in [0.4, 0.5) is 0 Å². The molecular formula is C25H31N2P. The van der Waals surface area contributed by atoms with E-state index in [2.05, 4.69) is 91.5 Å². The molecule has 0 amide bonds. The maximum absolute atomic E-state index is 4.88. The molecule has 1 fully saturated rings. The minimum atomic E-state index is -0.576. The first-order chi connectivity index (χ1) is 13.8. The van der Waals surface area contributed by atoms with Crippen molar-refractivity contribution in [3.8, 4) is 0 Å². The number of allylic oxidation sites excluding steroid dienone is 2. The number of aliphatic imine (C=N–C) groups is 1. The van der Waals surface area contributed by atoms with Crippen LogP contribution in [-0.4, -0.2) is 30.4 Å². The number of hydrogen-bond acceptors (Lipinski definition) is 1. The minimum absolute atomic E-state index is 0.255. The van der Waals surface area contributed by atoms with Gasteiger partial charge in [0.05, 0.1) is 12.4 Å². The van der Waals surface area contributed by atoms with Gasteiger partial charge in [-0.2, -0.15) is 0 Å². The average Bonchev–Trinajstić information content (AvgIpc) is 2.75. The van der Waals surface area contributed by atoms with Crippen LogP contribution in [0.15, 0.2) is 89.7 Å². The molecule has 0 saturated carbocycles. The maximum Gasteiger partial charge on any atom is 0.0853 e. The van der Waals surface area contributed by atoms with Gasteiger partial charge in [-0.25, -0.2) is 0 Å². The molecule has 0 N–H and O–H groups in total. The van der Waals surface area contributed by atoms with E-state index < -0.39 is 7.92 Å². The van der Waals surface area contributed by atoms with Gasteiger partial charge >= 0.3 is 0 Å². The van der Waals surface area contributed by atoms with Crippen LogP contribution in [0.2, 0.25) is 0 Å². The molecule has 1 atom stereocenters. The van der Waals surface area contributed by atoms with Gasteiger partial charge in [0.1, 0.15) is 0 Å². The van der Waals surface area contributed by atoms with Gasteiger partial charge in [0, 0.05) is 13.1 Å². The molecule has 2 nitrogen and oxygen atoms in total. The zero-order chi connectivity index (χ0) is 19.6. The van der Waals surface area contributed by atoms with Gasteiger partial charge in [-0.3, -0.25) is 4.99 Å². The highest BCUT2D eigenvalue weighted by molar-refractivity contribution is 7.76. The largest absolute Gasteiger partial charge is 0.363 e. The third kappa shape index (κ3) is 5.91. The Labute approximate surface area is 171 Å². The van der Waals surface area contributed by atoms with Crippen molar-refractivity contribution in [2.45, 2.75) is 38.6 Å². The number of hydrogen-bond donors (Lipinski definition) is 0. The summed E-state index contributed by atoms with van der Waals surface area (Å²) in [6.45, 7) is 8.50. The molecule has 0 bridgehead atoms. The second kappa shape index (κ2) is 11.0. The fraction of sp³-hybridized carbons (Fsp3) is 0.320. The van der Waals surface area contributed by atoms with E-state index in [4.69, 9.17) is 4.99 Å². The summed E-state index contributed by atoms with van der Waals surface area (Å²) in [5.74, 6) is 0. The topological polar surface area (TPSA) is 15.6 Å². The molecule has 0 aromatic heterocycles. The summed E-state index contributed by atoms with van der Waals surface area (Å²) >= 11 is 0. The molecule has 3 heteroatoms. The molecule has 1 saturated heterocycles. The van der Waals surface area contributed by atoms with Crippen LogP contribution in [0.3, 0.4) is 0 Å². The summed E-state index contributed by atoms with van der Waals surface area (Å²) in [4.78, 5) is 7.24. The summed E-state index contributed by atoms with van der Waals surface area (Å²) in [5, 5.41) is 4.18. The highest BCUT2D eigenvalue weighted by Crippen LogP contribution is 2.45. The number of rotatable bonds is 8. The molecule has 146 valence electrons. The van der Waals surface area contributed by atoms with E-state index in [1.165, 1.54) is 35.2 Å². The summed E-state index contributed by atoms with van der Waals surface area (Å²) in [5.41, 5.74) is 0. The highest BCUT2D eigenvalue weighted by atomic mass is 31.1. The molecule has 28 heavy (non-hydrogen) atoms. The van der Waals surface area contributed by atoms with E-state index in [-0.39, 0.29) is 6.04 Å². The van der Waals surface area contributed by atoms with Crippen LogP contribution in [0.1, 0.15) is 32.6 Å². The monoisotopic (exact) mass is 390 g/mol. The molecule has 1 aliphatic rings. The van der Waals surface area contributed by atoms with E-state index in [9.17, 15) is 0 Å². The molecule has 0 spiro atoms. The fourth-order valence-corrected chi connectivity index (χ4v) is 6.21. The quantitative estimate of drug-likeness (QED) is 0.252. The van der Waals surface area contributed by atoms with Gasteiger partial charge in [-0.1, -0.05) is 79.4 Å². The lowest BCUT2D eigenvalue weighted by molar-refractivity contribution is 0.349. The first-order valence-corrected chi connectivity index (χ1v) is 11.6. The van der Waals surface area contributed by atoms with Gasteiger partial charge in [0.25, 0.3) is 0 Å². The lowest BCUT2D eigenvalue weighted by atomic mass is 10.1. The predicted molar refractivity (Wildman–Crippen MR) is 125 cm³/mol. The Hall–Kier alpha value is -2.18. The second-order valence-corrected chi connectivity index (χ2v) is 9.59.